The normalized spacial score (nSPS) is 28.6. The Balaban J connectivity index is 1.41. The second-order valence-electron chi connectivity index (χ2n) is 13.2. The van der Waals surface area contributed by atoms with E-state index in [4.69, 9.17) is 4.74 Å². The minimum atomic E-state index is -1.49. The van der Waals surface area contributed by atoms with Crippen molar-refractivity contribution in [2.45, 2.75) is 41.5 Å². The van der Waals surface area contributed by atoms with E-state index in [-0.39, 0.29) is 5.57 Å². The fraction of sp³-hybridized carbons (Fsp3) is 0.324. The number of allylic oxidation sites excluding steroid dienone is 1. The van der Waals surface area contributed by atoms with Crippen molar-refractivity contribution in [3.8, 4) is 5.75 Å². The maximum atomic E-state index is 14.6. The zero-order valence-electron chi connectivity index (χ0n) is 26.1. The molecule has 0 spiro atoms. The first kappa shape index (κ1) is 28.9. The minimum absolute atomic E-state index is 0.200. The number of imide groups is 2. The Hall–Kier alpha value is -4.85. The molecule has 3 aliphatic carbocycles. The highest BCUT2D eigenvalue weighted by Crippen LogP contribution is 2.69. The standard InChI is InChI=1S/C37H34N2O6/c1-18-12-14-24(20(3)16-18)38-32(40)27-26-22(5)29(36(44)45-23-10-8-7-9-11-23)37(6,30(27)34(38)42)31-28(26)33(41)39(35(31)43)25-15-13-19(2)17-21(25)4/h7-17,26-28,30-31H,1-6H3. The first-order valence-corrected chi connectivity index (χ1v) is 15.3. The number of ether oxygens (including phenoxy) is 1. The van der Waals surface area contributed by atoms with Crippen molar-refractivity contribution in [1.29, 1.82) is 0 Å². The van der Waals surface area contributed by atoms with E-state index in [1.807, 2.05) is 52.0 Å². The molecule has 3 aromatic carbocycles. The van der Waals surface area contributed by atoms with Crippen LogP contribution in [0.2, 0.25) is 0 Å². The molecule has 8 nitrogen and oxygen atoms in total. The van der Waals surface area contributed by atoms with E-state index in [2.05, 4.69) is 0 Å². The Morgan fingerprint density at radius 3 is 1.56 bits per heavy atom. The summed E-state index contributed by atoms with van der Waals surface area (Å²) in [5, 5.41) is 0. The molecule has 2 aliphatic heterocycles. The molecule has 1 saturated carbocycles. The molecule has 8 heteroatoms. The average Bonchev–Trinajstić information content (AvgIpc) is 3.40. The molecule has 4 amide bonds. The molecule has 4 atom stereocenters. The SMILES string of the molecule is CC1=C(C(=O)Oc2ccccc2)C2(C)C3C(=O)N(c4ccc(C)cc4C)C(=O)C3C1C1C(=O)N(c3ccc(C)cc3C)C(=O)C12. The van der Waals surface area contributed by atoms with Crippen LogP contribution in [-0.2, 0) is 24.0 Å². The maximum Gasteiger partial charge on any atom is 0.339 e. The van der Waals surface area contributed by atoms with Crippen molar-refractivity contribution in [3.05, 3.63) is 100 Å². The van der Waals surface area contributed by atoms with Gasteiger partial charge in [0.15, 0.2) is 0 Å². The van der Waals surface area contributed by atoms with Gasteiger partial charge in [-0.25, -0.2) is 14.6 Å². The van der Waals surface area contributed by atoms with Crippen molar-refractivity contribution in [3.63, 3.8) is 0 Å². The number of amides is 4. The van der Waals surface area contributed by atoms with Gasteiger partial charge in [-0.3, -0.25) is 19.2 Å². The fourth-order valence-corrected chi connectivity index (χ4v) is 8.84. The monoisotopic (exact) mass is 602 g/mol. The summed E-state index contributed by atoms with van der Waals surface area (Å²) < 4.78 is 5.83. The molecule has 2 heterocycles. The molecule has 3 aromatic rings. The summed E-state index contributed by atoms with van der Waals surface area (Å²) in [4.78, 5) is 74.5. The van der Waals surface area contributed by atoms with Crippen LogP contribution in [0.5, 0.6) is 5.75 Å². The summed E-state index contributed by atoms with van der Waals surface area (Å²) in [6.45, 7) is 11.0. The minimum Gasteiger partial charge on any atom is -0.423 e. The zero-order valence-corrected chi connectivity index (χ0v) is 26.1. The quantitative estimate of drug-likeness (QED) is 0.225. The van der Waals surface area contributed by atoms with E-state index in [1.165, 1.54) is 9.80 Å². The summed E-state index contributed by atoms with van der Waals surface area (Å²) in [6.07, 6.45) is 0. The van der Waals surface area contributed by atoms with Crippen molar-refractivity contribution in [2.24, 2.45) is 35.0 Å². The number of anilines is 2. The lowest BCUT2D eigenvalue weighted by molar-refractivity contribution is -0.152. The summed E-state index contributed by atoms with van der Waals surface area (Å²) in [5.41, 5.74) is 3.67. The van der Waals surface area contributed by atoms with Gasteiger partial charge < -0.3 is 4.74 Å². The molecule has 0 radical (unpaired) electrons. The maximum absolute atomic E-state index is 14.6. The lowest BCUT2D eigenvalue weighted by atomic mass is 9.43. The van der Waals surface area contributed by atoms with E-state index in [1.54, 1.807) is 56.3 Å². The van der Waals surface area contributed by atoms with Crippen LogP contribution < -0.4 is 14.5 Å². The van der Waals surface area contributed by atoms with Crippen LogP contribution in [0.15, 0.2) is 77.9 Å². The average molecular weight is 603 g/mol. The Bertz CT molecular complexity index is 1800. The predicted molar refractivity (Wildman–Crippen MR) is 167 cm³/mol. The first-order chi connectivity index (χ1) is 21.4. The van der Waals surface area contributed by atoms with Gasteiger partial charge in [0, 0.05) is 16.9 Å². The van der Waals surface area contributed by atoms with Gasteiger partial charge >= 0.3 is 5.97 Å². The number of rotatable bonds is 4. The second kappa shape index (κ2) is 9.83. The van der Waals surface area contributed by atoms with Gasteiger partial charge in [0.1, 0.15) is 5.75 Å². The Morgan fingerprint density at radius 2 is 1.11 bits per heavy atom. The van der Waals surface area contributed by atoms with Gasteiger partial charge in [0.05, 0.1) is 35.0 Å². The topological polar surface area (TPSA) is 101 Å². The van der Waals surface area contributed by atoms with E-state index < -0.39 is 64.6 Å². The van der Waals surface area contributed by atoms with Gasteiger partial charge in [-0.15, -0.1) is 0 Å². The van der Waals surface area contributed by atoms with Crippen LogP contribution in [0.4, 0.5) is 11.4 Å². The first-order valence-electron chi connectivity index (χ1n) is 15.3. The summed E-state index contributed by atoms with van der Waals surface area (Å²) >= 11 is 0. The number of benzene rings is 3. The highest BCUT2D eigenvalue weighted by Gasteiger charge is 2.77. The van der Waals surface area contributed by atoms with Gasteiger partial charge in [0.25, 0.3) is 0 Å². The molecular weight excluding hydrogens is 568 g/mol. The Kier molecular flexibility index (Phi) is 6.31. The van der Waals surface area contributed by atoms with Gasteiger partial charge in [-0.1, -0.05) is 66.1 Å². The molecule has 228 valence electrons. The Labute approximate surface area is 261 Å². The van der Waals surface area contributed by atoms with Crippen molar-refractivity contribution in [2.75, 3.05) is 9.80 Å². The van der Waals surface area contributed by atoms with Gasteiger partial charge in [-0.05, 0) is 70.0 Å². The fourth-order valence-electron chi connectivity index (χ4n) is 8.84. The number of hydrogen-bond acceptors (Lipinski definition) is 6. The molecule has 45 heavy (non-hydrogen) atoms. The molecule has 2 saturated heterocycles. The van der Waals surface area contributed by atoms with E-state index in [0.717, 1.165) is 22.3 Å². The number of hydrogen-bond donors (Lipinski definition) is 0. The number of nitrogens with zero attached hydrogens (tertiary/aromatic N) is 2. The number of carbonyl (C=O) groups is 5. The van der Waals surface area contributed by atoms with Crippen LogP contribution in [0.1, 0.15) is 36.1 Å². The van der Waals surface area contributed by atoms with E-state index >= 15 is 0 Å². The number of esters is 1. The molecule has 5 aliphatic rings. The molecule has 0 N–H and O–H groups in total. The van der Waals surface area contributed by atoms with Crippen LogP contribution >= 0.6 is 0 Å². The summed E-state index contributed by atoms with van der Waals surface area (Å²) in [7, 11) is 0. The lowest BCUT2D eigenvalue weighted by Crippen LogP contribution is -2.61. The van der Waals surface area contributed by atoms with Gasteiger partial charge in [0.2, 0.25) is 23.6 Å². The number of aryl methyl sites for hydroxylation is 4. The van der Waals surface area contributed by atoms with Crippen molar-refractivity contribution < 1.29 is 28.7 Å². The van der Waals surface area contributed by atoms with Crippen LogP contribution in [0, 0.1) is 62.7 Å². The summed E-state index contributed by atoms with van der Waals surface area (Å²) in [6, 6.07) is 19.6. The molecular formula is C37H34N2O6. The largest absolute Gasteiger partial charge is 0.423 e. The number of para-hydroxylation sites is 1. The van der Waals surface area contributed by atoms with Crippen LogP contribution in [0.25, 0.3) is 0 Å². The van der Waals surface area contributed by atoms with E-state index in [0.29, 0.717) is 22.7 Å². The van der Waals surface area contributed by atoms with E-state index in [9.17, 15) is 24.0 Å². The summed E-state index contributed by atoms with van der Waals surface area (Å²) in [5.74, 6) is -6.84. The molecule has 0 aromatic heterocycles. The highest BCUT2D eigenvalue weighted by molar-refractivity contribution is 6.28. The molecule has 4 unspecified atom stereocenters. The van der Waals surface area contributed by atoms with Crippen molar-refractivity contribution >= 4 is 41.0 Å². The third-order valence-electron chi connectivity index (χ3n) is 10.5. The van der Waals surface area contributed by atoms with Gasteiger partial charge in [-0.2, -0.15) is 0 Å². The zero-order chi connectivity index (χ0) is 32.1. The van der Waals surface area contributed by atoms with Crippen molar-refractivity contribution in [1.82, 2.24) is 0 Å². The third kappa shape index (κ3) is 3.81. The second-order valence-corrected chi connectivity index (χ2v) is 13.2. The Morgan fingerprint density at radius 1 is 0.644 bits per heavy atom. The smallest absolute Gasteiger partial charge is 0.339 e. The number of carbonyl (C=O) groups excluding carboxylic acids is 5. The third-order valence-corrected chi connectivity index (χ3v) is 10.5. The van der Waals surface area contributed by atoms with Crippen LogP contribution in [0.3, 0.4) is 0 Å². The van der Waals surface area contributed by atoms with Crippen LogP contribution in [-0.4, -0.2) is 29.6 Å². The molecule has 2 bridgehead atoms. The molecule has 3 fully saturated rings. The predicted octanol–water partition coefficient (Wildman–Crippen LogP) is 5.40. The molecule has 8 rings (SSSR count). The highest BCUT2D eigenvalue weighted by atomic mass is 16.5. The lowest BCUT2D eigenvalue weighted by Gasteiger charge is -2.55.